The zero-order chi connectivity index (χ0) is 19.8. The fourth-order valence-electron chi connectivity index (χ4n) is 3.77. The summed E-state index contributed by atoms with van der Waals surface area (Å²) in [4.78, 5) is 21.6. The van der Waals surface area contributed by atoms with Gasteiger partial charge in [0.05, 0.1) is 12.1 Å². The second-order valence-electron chi connectivity index (χ2n) is 7.62. The Bertz CT molecular complexity index is 1000. The van der Waals surface area contributed by atoms with E-state index >= 15 is 0 Å². The maximum atomic E-state index is 12.6. The molecule has 1 aromatic carbocycles. The van der Waals surface area contributed by atoms with Gasteiger partial charge in [-0.25, -0.2) is 14.6 Å². The van der Waals surface area contributed by atoms with Crippen LogP contribution in [0, 0.1) is 27.7 Å². The molecule has 144 valence electrons. The summed E-state index contributed by atoms with van der Waals surface area (Å²) in [5.74, 6) is 1.02. The molecule has 6 nitrogen and oxygen atoms in total. The number of nitrogens with one attached hydrogen (secondary N) is 1. The van der Waals surface area contributed by atoms with Crippen molar-refractivity contribution in [3.63, 3.8) is 0 Å². The number of nitrogens with zero attached hydrogens (tertiary/aromatic N) is 4. The van der Waals surface area contributed by atoms with Gasteiger partial charge in [-0.3, -0.25) is 4.79 Å². The zero-order valence-corrected chi connectivity index (χ0v) is 16.7. The standard InChI is InChI=1S/C22H25N5O/c1-13-10-14(2)24-22(23-13)27-16(4)18(15(3)26-27)12-21(28)25-20-11-19(20)17-8-6-5-7-9-17/h5-10,19-20H,11-12H2,1-4H3,(H,25,28)/t19-,20-/m1/s1. The number of benzene rings is 1. The van der Waals surface area contributed by atoms with Gasteiger partial charge < -0.3 is 5.32 Å². The van der Waals surface area contributed by atoms with Crippen molar-refractivity contribution >= 4 is 5.91 Å². The van der Waals surface area contributed by atoms with Gasteiger partial charge in [0.2, 0.25) is 5.91 Å². The van der Waals surface area contributed by atoms with Crippen LogP contribution in [0.4, 0.5) is 0 Å². The highest BCUT2D eigenvalue weighted by molar-refractivity contribution is 5.80. The summed E-state index contributed by atoms with van der Waals surface area (Å²) in [7, 11) is 0. The van der Waals surface area contributed by atoms with Gasteiger partial charge in [-0.2, -0.15) is 5.10 Å². The summed E-state index contributed by atoms with van der Waals surface area (Å²) in [6, 6.07) is 12.5. The van der Waals surface area contributed by atoms with E-state index in [4.69, 9.17) is 0 Å². The lowest BCUT2D eigenvalue weighted by Crippen LogP contribution is -2.28. The molecule has 1 N–H and O–H groups in total. The third-order valence-corrected chi connectivity index (χ3v) is 5.30. The molecule has 0 radical (unpaired) electrons. The fourth-order valence-corrected chi connectivity index (χ4v) is 3.77. The zero-order valence-electron chi connectivity index (χ0n) is 16.7. The van der Waals surface area contributed by atoms with Gasteiger partial charge in [-0.1, -0.05) is 30.3 Å². The number of aryl methyl sites for hydroxylation is 3. The van der Waals surface area contributed by atoms with Crippen molar-refractivity contribution in [2.75, 3.05) is 0 Å². The molecule has 2 aromatic heterocycles. The Morgan fingerprint density at radius 2 is 1.79 bits per heavy atom. The van der Waals surface area contributed by atoms with Crippen LogP contribution in [0.1, 0.15) is 46.2 Å². The molecule has 4 rings (SSSR count). The van der Waals surface area contributed by atoms with E-state index in [1.807, 2.05) is 52.0 Å². The first kappa shape index (κ1) is 18.3. The first-order valence-corrected chi connectivity index (χ1v) is 9.64. The van der Waals surface area contributed by atoms with Gasteiger partial charge in [0, 0.05) is 34.6 Å². The Morgan fingerprint density at radius 3 is 2.46 bits per heavy atom. The maximum absolute atomic E-state index is 12.6. The Morgan fingerprint density at radius 1 is 1.11 bits per heavy atom. The minimum absolute atomic E-state index is 0.0375. The average Bonchev–Trinajstić information content (AvgIpc) is 3.36. The van der Waals surface area contributed by atoms with Gasteiger partial charge in [0.15, 0.2) is 0 Å². The molecule has 6 heteroatoms. The Labute approximate surface area is 165 Å². The van der Waals surface area contributed by atoms with Crippen LogP contribution in [0.5, 0.6) is 0 Å². The molecule has 1 aliphatic rings. The van der Waals surface area contributed by atoms with Crippen molar-refractivity contribution in [1.29, 1.82) is 0 Å². The maximum Gasteiger partial charge on any atom is 0.251 e. The van der Waals surface area contributed by atoms with E-state index in [-0.39, 0.29) is 11.9 Å². The molecule has 2 atom stereocenters. The van der Waals surface area contributed by atoms with Gasteiger partial charge in [-0.15, -0.1) is 0 Å². The van der Waals surface area contributed by atoms with Crippen LogP contribution >= 0.6 is 0 Å². The molecule has 0 aliphatic heterocycles. The monoisotopic (exact) mass is 375 g/mol. The van der Waals surface area contributed by atoms with Crippen molar-refractivity contribution < 1.29 is 4.79 Å². The predicted octanol–water partition coefficient (Wildman–Crippen LogP) is 3.11. The molecule has 1 amide bonds. The van der Waals surface area contributed by atoms with Gasteiger partial charge >= 0.3 is 0 Å². The highest BCUT2D eigenvalue weighted by Gasteiger charge is 2.39. The molecule has 3 aromatic rings. The van der Waals surface area contributed by atoms with E-state index < -0.39 is 0 Å². The summed E-state index contributed by atoms with van der Waals surface area (Å²) >= 11 is 0. The number of amides is 1. The number of hydrogen-bond acceptors (Lipinski definition) is 4. The van der Waals surface area contributed by atoms with Crippen LogP contribution in [0.15, 0.2) is 36.4 Å². The summed E-state index contributed by atoms with van der Waals surface area (Å²) < 4.78 is 1.74. The van der Waals surface area contributed by atoms with E-state index in [2.05, 4.69) is 32.5 Å². The first-order valence-electron chi connectivity index (χ1n) is 9.64. The lowest BCUT2D eigenvalue weighted by molar-refractivity contribution is -0.120. The van der Waals surface area contributed by atoms with Crippen molar-refractivity contribution in [2.45, 2.75) is 52.5 Å². The van der Waals surface area contributed by atoms with Crippen LogP contribution < -0.4 is 5.32 Å². The third-order valence-electron chi connectivity index (χ3n) is 5.30. The molecule has 1 aliphatic carbocycles. The van der Waals surface area contributed by atoms with Crippen molar-refractivity contribution in [3.8, 4) is 5.95 Å². The minimum Gasteiger partial charge on any atom is -0.352 e. The molecule has 28 heavy (non-hydrogen) atoms. The Hall–Kier alpha value is -3.02. The summed E-state index contributed by atoms with van der Waals surface area (Å²) in [6.45, 7) is 7.78. The SMILES string of the molecule is Cc1cc(C)nc(-n2nc(C)c(CC(=O)N[C@@H]3C[C@@H]3c3ccccc3)c2C)n1. The van der Waals surface area contributed by atoms with Crippen LogP contribution in [0.25, 0.3) is 5.95 Å². The number of aromatic nitrogens is 4. The average molecular weight is 375 g/mol. The van der Waals surface area contributed by atoms with Gasteiger partial charge in [-0.05, 0) is 45.7 Å². The number of rotatable bonds is 5. The minimum atomic E-state index is 0.0375. The second kappa shape index (κ2) is 7.19. The van der Waals surface area contributed by atoms with Gasteiger partial charge in [0.25, 0.3) is 5.95 Å². The summed E-state index contributed by atoms with van der Waals surface area (Å²) in [5, 5.41) is 7.75. The fraction of sp³-hybridized carbons (Fsp3) is 0.364. The van der Waals surface area contributed by atoms with E-state index in [0.29, 0.717) is 18.3 Å². The van der Waals surface area contributed by atoms with E-state index in [1.54, 1.807) is 4.68 Å². The molecule has 0 bridgehead atoms. The van der Waals surface area contributed by atoms with Gasteiger partial charge in [0.1, 0.15) is 0 Å². The normalized spacial score (nSPS) is 18.1. The van der Waals surface area contributed by atoms with Crippen molar-refractivity contribution in [1.82, 2.24) is 25.1 Å². The second-order valence-corrected chi connectivity index (χ2v) is 7.62. The smallest absolute Gasteiger partial charge is 0.251 e. The first-order chi connectivity index (χ1) is 13.4. The lowest BCUT2D eigenvalue weighted by Gasteiger charge is -2.07. The molecule has 1 saturated carbocycles. The van der Waals surface area contributed by atoms with Crippen LogP contribution in [-0.2, 0) is 11.2 Å². The van der Waals surface area contributed by atoms with Crippen molar-refractivity contribution in [2.24, 2.45) is 0 Å². The van der Waals surface area contributed by atoms with Crippen LogP contribution in [0.2, 0.25) is 0 Å². The molecule has 2 heterocycles. The lowest BCUT2D eigenvalue weighted by atomic mass is 10.1. The summed E-state index contributed by atoms with van der Waals surface area (Å²) in [5.41, 5.74) is 5.78. The van der Waals surface area contributed by atoms with Crippen LogP contribution in [-0.4, -0.2) is 31.7 Å². The number of hydrogen-bond donors (Lipinski definition) is 1. The van der Waals surface area contributed by atoms with Crippen molar-refractivity contribution in [3.05, 3.63) is 70.3 Å². The molecular formula is C22H25N5O. The van der Waals surface area contributed by atoms with Crippen LogP contribution in [0.3, 0.4) is 0 Å². The molecular weight excluding hydrogens is 350 g/mol. The Balaban J connectivity index is 1.47. The topological polar surface area (TPSA) is 72.7 Å². The van der Waals surface area contributed by atoms with E-state index in [0.717, 1.165) is 34.8 Å². The Kier molecular flexibility index (Phi) is 4.71. The number of carbonyl (C=O) groups excluding carboxylic acids is 1. The quantitative estimate of drug-likeness (QED) is 0.744. The predicted molar refractivity (Wildman–Crippen MR) is 108 cm³/mol. The molecule has 0 unspecified atom stereocenters. The highest BCUT2D eigenvalue weighted by Crippen LogP contribution is 2.40. The van der Waals surface area contributed by atoms with E-state index in [9.17, 15) is 4.79 Å². The highest BCUT2D eigenvalue weighted by atomic mass is 16.1. The summed E-state index contributed by atoms with van der Waals surface area (Å²) in [6.07, 6.45) is 1.32. The molecule has 0 spiro atoms. The van der Waals surface area contributed by atoms with E-state index in [1.165, 1.54) is 5.56 Å². The molecule has 0 saturated heterocycles. The number of carbonyl (C=O) groups is 1. The largest absolute Gasteiger partial charge is 0.352 e. The molecule has 1 fully saturated rings. The third kappa shape index (κ3) is 3.67.